The van der Waals surface area contributed by atoms with Gasteiger partial charge in [-0.05, 0) is 56.5 Å². The second-order valence-electron chi connectivity index (χ2n) is 7.85. The number of nitrogens with one attached hydrogen (secondary N) is 2. The third-order valence-electron chi connectivity index (χ3n) is 5.35. The molecule has 3 aromatic rings. The number of rotatable bonds is 7. The summed E-state index contributed by atoms with van der Waals surface area (Å²) in [4.78, 5) is 28.3. The zero-order valence-electron chi connectivity index (χ0n) is 17.9. The van der Waals surface area contributed by atoms with Gasteiger partial charge in [-0.1, -0.05) is 29.8 Å². The van der Waals surface area contributed by atoms with Gasteiger partial charge in [0.1, 0.15) is 5.82 Å². The summed E-state index contributed by atoms with van der Waals surface area (Å²) in [7, 11) is 0. The molecule has 32 heavy (non-hydrogen) atoms. The maximum absolute atomic E-state index is 12.4. The Bertz CT molecular complexity index is 1180. The predicted molar refractivity (Wildman–Crippen MR) is 126 cm³/mol. The first-order chi connectivity index (χ1) is 15.4. The average molecular weight is 450 g/mol. The third-order valence-corrected chi connectivity index (χ3v) is 5.72. The van der Waals surface area contributed by atoms with Crippen LogP contribution >= 0.6 is 11.6 Å². The number of carbonyl (C=O) groups is 2. The average Bonchev–Trinajstić information content (AvgIpc) is 3.58. The van der Waals surface area contributed by atoms with Crippen molar-refractivity contribution in [3.8, 4) is 0 Å². The molecular weight excluding hydrogens is 426 g/mol. The summed E-state index contributed by atoms with van der Waals surface area (Å²) in [6, 6.07) is 11.0. The van der Waals surface area contributed by atoms with Gasteiger partial charge >= 0.3 is 0 Å². The van der Waals surface area contributed by atoms with Gasteiger partial charge in [-0.2, -0.15) is 5.10 Å². The van der Waals surface area contributed by atoms with Crippen molar-refractivity contribution in [2.45, 2.75) is 33.2 Å². The van der Waals surface area contributed by atoms with Crippen LogP contribution in [0.4, 0.5) is 11.5 Å². The minimum atomic E-state index is -0.279. The van der Waals surface area contributed by atoms with Gasteiger partial charge in [-0.15, -0.1) is 0 Å². The van der Waals surface area contributed by atoms with Crippen molar-refractivity contribution in [3.05, 3.63) is 76.2 Å². The van der Waals surface area contributed by atoms with E-state index in [9.17, 15) is 9.59 Å². The Labute approximate surface area is 191 Å². The third kappa shape index (κ3) is 5.23. The van der Waals surface area contributed by atoms with E-state index < -0.39 is 0 Å². The van der Waals surface area contributed by atoms with Crippen molar-refractivity contribution in [2.24, 2.45) is 5.92 Å². The van der Waals surface area contributed by atoms with Crippen molar-refractivity contribution in [1.29, 1.82) is 0 Å². The summed E-state index contributed by atoms with van der Waals surface area (Å²) in [5, 5.41) is 10.8. The van der Waals surface area contributed by atoms with E-state index in [1.54, 1.807) is 18.2 Å². The molecule has 1 fully saturated rings. The molecular formula is C24H24ClN5O2. The Balaban J connectivity index is 1.38. The number of aromatic nitrogens is 3. The predicted octanol–water partition coefficient (Wildman–Crippen LogP) is 4.60. The van der Waals surface area contributed by atoms with E-state index in [-0.39, 0.29) is 17.7 Å². The number of halogens is 1. The van der Waals surface area contributed by atoms with Crippen LogP contribution in [0.15, 0.2) is 48.7 Å². The fourth-order valence-corrected chi connectivity index (χ4v) is 3.55. The molecule has 2 amide bonds. The zero-order valence-corrected chi connectivity index (χ0v) is 18.7. The molecule has 8 heteroatoms. The monoisotopic (exact) mass is 449 g/mol. The van der Waals surface area contributed by atoms with Crippen LogP contribution in [0.2, 0.25) is 5.02 Å². The van der Waals surface area contributed by atoms with Crippen LogP contribution in [0.1, 0.15) is 35.4 Å². The highest BCUT2D eigenvalue weighted by Gasteiger charge is 2.29. The van der Waals surface area contributed by atoms with E-state index in [0.29, 0.717) is 23.1 Å². The molecule has 0 atom stereocenters. The van der Waals surface area contributed by atoms with Crippen molar-refractivity contribution < 1.29 is 9.59 Å². The van der Waals surface area contributed by atoms with Crippen LogP contribution in [0.3, 0.4) is 0 Å². The molecule has 0 unspecified atom stereocenters. The molecule has 7 nitrogen and oxygen atoms in total. The lowest BCUT2D eigenvalue weighted by Crippen LogP contribution is -2.14. The SMILES string of the molecule is Cc1nn(Cc2ccccc2Cl)c(C)c1C=CC(=O)Nc1ccc(NC(=O)C2CC2)nc1. The topological polar surface area (TPSA) is 88.9 Å². The number of aryl methyl sites for hydroxylation is 1. The summed E-state index contributed by atoms with van der Waals surface area (Å²) in [5.74, 6) is 0.312. The summed E-state index contributed by atoms with van der Waals surface area (Å²) in [6.45, 7) is 4.43. The van der Waals surface area contributed by atoms with E-state index in [1.807, 2.05) is 42.8 Å². The van der Waals surface area contributed by atoms with Crippen LogP contribution in [-0.2, 0) is 16.1 Å². The second-order valence-corrected chi connectivity index (χ2v) is 8.26. The maximum Gasteiger partial charge on any atom is 0.248 e. The van der Waals surface area contributed by atoms with Crippen LogP contribution in [0.25, 0.3) is 6.08 Å². The van der Waals surface area contributed by atoms with Gasteiger partial charge in [-0.3, -0.25) is 14.3 Å². The molecule has 1 aliphatic rings. The number of nitrogens with zero attached hydrogens (tertiary/aromatic N) is 3. The van der Waals surface area contributed by atoms with Crippen molar-refractivity contribution >= 4 is 41.0 Å². The Kier molecular flexibility index (Phi) is 6.37. The van der Waals surface area contributed by atoms with Gasteiger partial charge in [0.05, 0.1) is 24.1 Å². The maximum atomic E-state index is 12.4. The molecule has 0 aliphatic heterocycles. The van der Waals surface area contributed by atoms with Crippen LogP contribution < -0.4 is 10.6 Å². The molecule has 2 aromatic heterocycles. The highest BCUT2D eigenvalue weighted by molar-refractivity contribution is 6.31. The second kappa shape index (κ2) is 9.36. The standard InChI is InChI=1S/C24H24ClN5O2/c1-15-20(16(2)30(29-15)14-18-5-3-4-6-21(18)25)10-12-23(31)27-19-9-11-22(26-13-19)28-24(32)17-7-8-17/h3-6,9-13,17H,7-8,14H2,1-2H3,(H,27,31)(H,26,28,32). The first-order valence-electron chi connectivity index (χ1n) is 10.4. The first-order valence-corrected chi connectivity index (χ1v) is 10.8. The smallest absolute Gasteiger partial charge is 0.248 e. The Hall–Kier alpha value is -3.45. The molecule has 1 saturated carbocycles. The quantitative estimate of drug-likeness (QED) is 0.516. The molecule has 4 rings (SSSR count). The normalized spacial score (nSPS) is 13.3. The molecule has 0 radical (unpaired) electrons. The lowest BCUT2D eigenvalue weighted by atomic mass is 10.1. The summed E-state index contributed by atoms with van der Waals surface area (Å²) in [5.41, 5.74) is 4.20. The minimum absolute atomic E-state index is 0.00181. The van der Waals surface area contributed by atoms with Gasteiger partial charge in [0, 0.05) is 28.3 Å². The minimum Gasteiger partial charge on any atom is -0.321 e. The lowest BCUT2D eigenvalue weighted by molar-refractivity contribution is -0.117. The number of pyridine rings is 1. The fraction of sp³-hybridized carbons (Fsp3) is 0.250. The van der Waals surface area contributed by atoms with E-state index in [0.717, 1.165) is 35.4 Å². The number of hydrogen-bond acceptors (Lipinski definition) is 4. The van der Waals surface area contributed by atoms with E-state index in [1.165, 1.54) is 12.3 Å². The van der Waals surface area contributed by atoms with Gasteiger partial charge < -0.3 is 10.6 Å². The van der Waals surface area contributed by atoms with Crippen LogP contribution in [-0.4, -0.2) is 26.6 Å². The molecule has 2 N–H and O–H groups in total. The molecule has 1 aromatic carbocycles. The van der Waals surface area contributed by atoms with Gasteiger partial charge in [0.15, 0.2) is 0 Å². The van der Waals surface area contributed by atoms with E-state index in [2.05, 4.69) is 20.7 Å². The fourth-order valence-electron chi connectivity index (χ4n) is 3.35. The van der Waals surface area contributed by atoms with Gasteiger partial charge in [0.2, 0.25) is 11.8 Å². The van der Waals surface area contributed by atoms with Gasteiger partial charge in [0.25, 0.3) is 0 Å². The number of carbonyl (C=O) groups excluding carboxylic acids is 2. The highest BCUT2D eigenvalue weighted by Crippen LogP contribution is 2.30. The molecule has 1 aliphatic carbocycles. The van der Waals surface area contributed by atoms with Crippen molar-refractivity contribution in [2.75, 3.05) is 10.6 Å². The zero-order chi connectivity index (χ0) is 22.7. The largest absolute Gasteiger partial charge is 0.321 e. The summed E-state index contributed by atoms with van der Waals surface area (Å²) >= 11 is 6.27. The number of amides is 2. The van der Waals surface area contributed by atoms with E-state index in [4.69, 9.17) is 11.6 Å². The molecule has 2 heterocycles. The number of benzene rings is 1. The van der Waals surface area contributed by atoms with Crippen molar-refractivity contribution in [3.63, 3.8) is 0 Å². The van der Waals surface area contributed by atoms with Crippen LogP contribution in [0.5, 0.6) is 0 Å². The first kappa shape index (κ1) is 21.8. The Morgan fingerprint density at radius 1 is 1.16 bits per heavy atom. The van der Waals surface area contributed by atoms with Gasteiger partial charge in [-0.25, -0.2) is 4.98 Å². The number of anilines is 2. The Morgan fingerprint density at radius 3 is 2.62 bits per heavy atom. The lowest BCUT2D eigenvalue weighted by Gasteiger charge is -2.07. The number of hydrogen-bond donors (Lipinski definition) is 2. The van der Waals surface area contributed by atoms with Crippen LogP contribution in [0, 0.1) is 19.8 Å². The Morgan fingerprint density at radius 2 is 1.94 bits per heavy atom. The highest BCUT2D eigenvalue weighted by atomic mass is 35.5. The molecule has 164 valence electrons. The molecule has 0 spiro atoms. The molecule has 0 bridgehead atoms. The summed E-state index contributed by atoms with van der Waals surface area (Å²) < 4.78 is 1.88. The van der Waals surface area contributed by atoms with Crippen molar-refractivity contribution in [1.82, 2.24) is 14.8 Å². The summed E-state index contributed by atoms with van der Waals surface area (Å²) in [6.07, 6.45) is 6.62. The molecule has 0 saturated heterocycles. The van der Waals surface area contributed by atoms with E-state index >= 15 is 0 Å².